The van der Waals surface area contributed by atoms with Crippen LogP contribution in [0.4, 0.5) is 4.39 Å². The lowest BCUT2D eigenvalue weighted by Gasteiger charge is -2.10. The third-order valence-corrected chi connectivity index (χ3v) is 4.51. The minimum Gasteiger partial charge on any atom is -0.508 e. The average Bonchev–Trinajstić information content (AvgIpc) is 2.60. The maximum Gasteiger partial charge on any atom is 0.127 e. The molecule has 5 heteroatoms. The maximum absolute atomic E-state index is 13.0. The SMILES string of the molecule is Oc1ccc(Oc2ccc(C(Cl)Br)cc2)cc1Cc1ccc(F)cc1. The quantitative estimate of drug-likeness (QED) is 0.474. The molecule has 0 saturated heterocycles. The molecular weight excluding hydrogens is 407 g/mol. The Balaban J connectivity index is 1.77. The molecule has 1 N–H and O–H groups in total. The number of hydrogen-bond acceptors (Lipinski definition) is 2. The average molecular weight is 422 g/mol. The third-order valence-electron chi connectivity index (χ3n) is 3.73. The smallest absolute Gasteiger partial charge is 0.127 e. The van der Waals surface area contributed by atoms with Crippen LogP contribution in [0.1, 0.15) is 21.0 Å². The van der Waals surface area contributed by atoms with Crippen molar-refractivity contribution in [2.75, 3.05) is 0 Å². The zero-order chi connectivity index (χ0) is 17.8. The first-order valence-corrected chi connectivity index (χ1v) is 8.99. The van der Waals surface area contributed by atoms with Crippen molar-refractivity contribution in [2.24, 2.45) is 0 Å². The van der Waals surface area contributed by atoms with Gasteiger partial charge in [-0.1, -0.05) is 40.2 Å². The molecule has 0 aliphatic rings. The number of benzene rings is 3. The molecule has 3 aromatic carbocycles. The maximum atomic E-state index is 13.0. The van der Waals surface area contributed by atoms with Crippen molar-refractivity contribution in [3.8, 4) is 17.2 Å². The number of aromatic hydroxyl groups is 1. The van der Waals surface area contributed by atoms with Gasteiger partial charge in [0.1, 0.15) is 27.4 Å². The molecule has 1 unspecified atom stereocenters. The van der Waals surface area contributed by atoms with Gasteiger partial charge in [-0.15, -0.1) is 11.6 Å². The van der Waals surface area contributed by atoms with Crippen LogP contribution < -0.4 is 4.74 Å². The molecule has 0 heterocycles. The van der Waals surface area contributed by atoms with Crippen LogP contribution in [0.3, 0.4) is 0 Å². The Bertz CT molecular complexity index is 849. The second kappa shape index (κ2) is 7.89. The number of halogens is 3. The van der Waals surface area contributed by atoms with Crippen molar-refractivity contribution < 1.29 is 14.2 Å². The van der Waals surface area contributed by atoms with E-state index < -0.39 is 0 Å². The second-order valence-electron chi connectivity index (χ2n) is 5.57. The Hall–Kier alpha value is -2.04. The topological polar surface area (TPSA) is 29.5 Å². The van der Waals surface area contributed by atoms with Crippen LogP contribution in [0, 0.1) is 5.82 Å². The first-order chi connectivity index (χ1) is 12.0. The lowest BCUT2D eigenvalue weighted by Crippen LogP contribution is -1.92. The van der Waals surface area contributed by atoms with Crippen LogP contribution in [0.15, 0.2) is 66.7 Å². The second-order valence-corrected chi connectivity index (χ2v) is 7.44. The largest absolute Gasteiger partial charge is 0.508 e. The van der Waals surface area contributed by atoms with Gasteiger partial charge in [-0.05, 0) is 53.6 Å². The highest BCUT2D eigenvalue weighted by Gasteiger charge is 2.07. The molecule has 0 aliphatic heterocycles. The summed E-state index contributed by atoms with van der Waals surface area (Å²) in [5, 5.41) is 10.1. The minimum atomic E-state index is -0.281. The van der Waals surface area contributed by atoms with Gasteiger partial charge in [-0.3, -0.25) is 0 Å². The summed E-state index contributed by atoms with van der Waals surface area (Å²) in [7, 11) is 0. The van der Waals surface area contributed by atoms with Crippen molar-refractivity contribution in [3.63, 3.8) is 0 Å². The highest BCUT2D eigenvalue weighted by atomic mass is 79.9. The summed E-state index contributed by atoms with van der Waals surface area (Å²) in [5.41, 5.74) is 2.56. The van der Waals surface area contributed by atoms with E-state index in [9.17, 15) is 9.50 Å². The number of alkyl halides is 2. The standard InChI is InChI=1S/C20H15BrClFO2/c21-20(22)14-3-7-17(8-4-14)25-18-9-10-19(24)15(12-18)11-13-1-5-16(23)6-2-13/h1-10,12,20,24H,11H2. The molecule has 0 radical (unpaired) electrons. The van der Waals surface area contributed by atoms with Crippen molar-refractivity contribution in [1.82, 2.24) is 0 Å². The summed E-state index contributed by atoms with van der Waals surface area (Å²) in [4.78, 5) is 0. The number of hydrogen-bond donors (Lipinski definition) is 1. The molecule has 25 heavy (non-hydrogen) atoms. The van der Waals surface area contributed by atoms with E-state index >= 15 is 0 Å². The van der Waals surface area contributed by atoms with Gasteiger partial charge in [0.15, 0.2) is 0 Å². The molecule has 3 rings (SSSR count). The van der Waals surface area contributed by atoms with E-state index in [1.54, 1.807) is 30.3 Å². The van der Waals surface area contributed by atoms with Gasteiger partial charge in [0.2, 0.25) is 0 Å². The summed E-state index contributed by atoms with van der Waals surface area (Å²) >= 11 is 9.27. The van der Waals surface area contributed by atoms with Crippen LogP contribution in [0.25, 0.3) is 0 Å². The van der Waals surface area contributed by atoms with Gasteiger partial charge < -0.3 is 9.84 Å². The summed E-state index contributed by atoms with van der Waals surface area (Å²) in [6.07, 6.45) is 0.486. The van der Waals surface area contributed by atoms with Gasteiger partial charge in [0.05, 0.1) is 0 Å². The molecule has 0 fully saturated rings. The zero-order valence-electron chi connectivity index (χ0n) is 13.1. The van der Waals surface area contributed by atoms with E-state index in [1.807, 2.05) is 24.3 Å². The number of rotatable bonds is 5. The highest BCUT2D eigenvalue weighted by Crippen LogP contribution is 2.31. The Morgan fingerprint density at radius 1 is 0.960 bits per heavy atom. The van der Waals surface area contributed by atoms with Crippen molar-refractivity contribution in [2.45, 2.75) is 10.7 Å². The molecule has 3 aromatic rings. The predicted octanol–water partition coefficient (Wildman–Crippen LogP) is 6.55. The van der Waals surface area contributed by atoms with Crippen molar-refractivity contribution >= 4 is 27.5 Å². The van der Waals surface area contributed by atoms with E-state index in [4.69, 9.17) is 16.3 Å². The van der Waals surface area contributed by atoms with Gasteiger partial charge >= 0.3 is 0 Å². The predicted molar refractivity (Wildman–Crippen MR) is 101 cm³/mol. The normalized spacial score (nSPS) is 12.0. The minimum absolute atomic E-state index is 0.177. The third kappa shape index (κ3) is 4.74. The molecular formula is C20H15BrClFO2. The van der Waals surface area contributed by atoms with E-state index in [0.717, 1.165) is 11.1 Å². The van der Waals surface area contributed by atoms with Crippen LogP contribution >= 0.6 is 27.5 Å². The van der Waals surface area contributed by atoms with Crippen LogP contribution in [-0.4, -0.2) is 5.11 Å². The highest BCUT2D eigenvalue weighted by molar-refractivity contribution is 9.09. The summed E-state index contributed by atoms with van der Waals surface area (Å²) < 4.78 is 18.6. The molecule has 0 spiro atoms. The van der Waals surface area contributed by atoms with Crippen LogP contribution in [0.5, 0.6) is 17.2 Å². The van der Waals surface area contributed by atoms with Crippen molar-refractivity contribution in [3.05, 3.63) is 89.2 Å². The molecule has 2 nitrogen and oxygen atoms in total. The van der Waals surface area contributed by atoms with E-state index in [2.05, 4.69) is 15.9 Å². The molecule has 0 amide bonds. The Labute approximate surface area is 159 Å². The monoisotopic (exact) mass is 420 g/mol. The molecule has 0 aromatic heterocycles. The lowest BCUT2D eigenvalue weighted by atomic mass is 10.0. The van der Waals surface area contributed by atoms with Gasteiger partial charge in [0, 0.05) is 12.0 Å². The number of ether oxygens (including phenoxy) is 1. The Morgan fingerprint density at radius 2 is 1.60 bits per heavy atom. The molecule has 128 valence electrons. The molecule has 0 bridgehead atoms. The van der Waals surface area contributed by atoms with Gasteiger partial charge in [0.25, 0.3) is 0 Å². The van der Waals surface area contributed by atoms with E-state index in [-0.39, 0.29) is 15.9 Å². The first-order valence-electron chi connectivity index (χ1n) is 7.63. The molecule has 0 saturated carbocycles. The summed E-state index contributed by atoms with van der Waals surface area (Å²) in [6, 6.07) is 18.7. The first kappa shape index (κ1) is 17.8. The Morgan fingerprint density at radius 3 is 2.24 bits per heavy atom. The van der Waals surface area contributed by atoms with Crippen LogP contribution in [0.2, 0.25) is 0 Å². The van der Waals surface area contributed by atoms with Gasteiger partial charge in [-0.25, -0.2) is 4.39 Å². The Kier molecular flexibility index (Phi) is 5.61. The zero-order valence-corrected chi connectivity index (χ0v) is 15.5. The van der Waals surface area contributed by atoms with E-state index in [1.165, 1.54) is 12.1 Å². The number of phenols is 1. The fourth-order valence-electron chi connectivity index (χ4n) is 2.41. The van der Waals surface area contributed by atoms with E-state index in [0.29, 0.717) is 23.5 Å². The van der Waals surface area contributed by atoms with Crippen LogP contribution in [-0.2, 0) is 6.42 Å². The number of phenolic OH excluding ortho intramolecular Hbond substituents is 1. The summed E-state index contributed by atoms with van der Waals surface area (Å²) in [6.45, 7) is 0. The fraction of sp³-hybridized carbons (Fsp3) is 0.100. The van der Waals surface area contributed by atoms with Crippen molar-refractivity contribution in [1.29, 1.82) is 0 Å². The summed E-state index contributed by atoms with van der Waals surface area (Å²) in [5.74, 6) is 1.18. The van der Waals surface area contributed by atoms with Gasteiger partial charge in [-0.2, -0.15) is 0 Å². The lowest BCUT2D eigenvalue weighted by molar-refractivity contribution is 0.459. The molecule has 0 aliphatic carbocycles. The fourth-order valence-corrected chi connectivity index (χ4v) is 2.86. The molecule has 1 atom stereocenters.